The van der Waals surface area contributed by atoms with Crippen LogP contribution in [-0.4, -0.2) is 25.3 Å². The molecule has 0 atom stereocenters. The van der Waals surface area contributed by atoms with Crippen LogP contribution >= 0.6 is 0 Å². The van der Waals surface area contributed by atoms with Gasteiger partial charge in [0.2, 0.25) is 0 Å². The van der Waals surface area contributed by atoms with E-state index in [4.69, 9.17) is 5.73 Å². The van der Waals surface area contributed by atoms with E-state index in [-0.39, 0.29) is 6.67 Å². The second-order valence-corrected chi connectivity index (χ2v) is 2.55. The molecule has 0 aliphatic rings. The molecule has 0 aromatic carbocycles. The Bertz CT molecular complexity index is 252. The number of nitrogens with two attached hydrogens (primary N) is 1. The van der Waals surface area contributed by atoms with Crippen molar-refractivity contribution in [3.05, 3.63) is 18.3 Å². The third kappa shape index (κ3) is 2.08. The minimum Gasteiger partial charge on any atom is -0.384 e. The van der Waals surface area contributed by atoms with Crippen LogP contribution in [0.15, 0.2) is 18.3 Å². The van der Waals surface area contributed by atoms with Crippen molar-refractivity contribution in [2.45, 2.75) is 0 Å². The van der Waals surface area contributed by atoms with Crippen LogP contribution in [0.1, 0.15) is 0 Å². The second kappa shape index (κ2) is 3.90. The molecule has 0 fully saturated rings. The van der Waals surface area contributed by atoms with Gasteiger partial charge < -0.3 is 10.6 Å². The zero-order chi connectivity index (χ0) is 8.97. The minimum atomic E-state index is -0.362. The summed E-state index contributed by atoms with van der Waals surface area (Å²) in [6.45, 7) is 0.0161. The fourth-order valence-corrected chi connectivity index (χ4v) is 0.930. The molecule has 1 rings (SSSR count). The number of hydrogen-bond acceptors (Lipinski definition) is 3. The van der Waals surface area contributed by atoms with Crippen molar-refractivity contribution >= 4 is 11.5 Å². The van der Waals surface area contributed by atoms with Crippen LogP contribution in [0.2, 0.25) is 0 Å². The number of anilines is 2. The Morgan fingerprint density at radius 1 is 1.67 bits per heavy atom. The Balaban J connectivity index is 2.73. The Hall–Kier alpha value is -1.32. The van der Waals surface area contributed by atoms with E-state index in [1.807, 2.05) is 7.05 Å². The van der Waals surface area contributed by atoms with Crippen LogP contribution in [0, 0.1) is 0 Å². The van der Waals surface area contributed by atoms with E-state index in [0.717, 1.165) is 5.69 Å². The lowest BCUT2D eigenvalue weighted by molar-refractivity contribution is 0.497. The van der Waals surface area contributed by atoms with Gasteiger partial charge >= 0.3 is 0 Å². The lowest BCUT2D eigenvalue weighted by atomic mass is 10.3. The van der Waals surface area contributed by atoms with E-state index in [2.05, 4.69) is 4.98 Å². The number of nitrogen functional groups attached to an aromatic ring is 1. The van der Waals surface area contributed by atoms with Crippen molar-refractivity contribution in [2.24, 2.45) is 0 Å². The summed E-state index contributed by atoms with van der Waals surface area (Å²) in [5.41, 5.74) is 6.35. The normalized spacial score (nSPS) is 9.83. The largest absolute Gasteiger partial charge is 0.384 e. The lowest BCUT2D eigenvalue weighted by Gasteiger charge is -2.16. The monoisotopic (exact) mass is 169 g/mol. The molecule has 0 amide bonds. The maximum Gasteiger partial charge on any atom is 0.125 e. The van der Waals surface area contributed by atoms with Gasteiger partial charge in [-0.05, 0) is 6.07 Å². The fraction of sp³-hybridized carbons (Fsp3) is 0.375. The van der Waals surface area contributed by atoms with Crippen LogP contribution in [0.5, 0.6) is 0 Å². The van der Waals surface area contributed by atoms with Gasteiger partial charge in [0.15, 0.2) is 0 Å². The third-order valence-electron chi connectivity index (χ3n) is 1.63. The third-order valence-corrected chi connectivity index (χ3v) is 1.63. The summed E-state index contributed by atoms with van der Waals surface area (Å²) < 4.78 is 11.9. The summed E-state index contributed by atoms with van der Waals surface area (Å²) in [5, 5.41) is 0. The summed E-state index contributed by atoms with van der Waals surface area (Å²) in [7, 11) is 1.81. The van der Waals surface area contributed by atoms with E-state index in [0.29, 0.717) is 12.4 Å². The predicted octanol–water partition coefficient (Wildman–Crippen LogP) is 1.07. The smallest absolute Gasteiger partial charge is 0.125 e. The SMILES string of the molecule is CN(CCF)c1ccnc(N)c1. The minimum absolute atomic E-state index is 0.362. The number of halogens is 1. The zero-order valence-corrected chi connectivity index (χ0v) is 7.00. The Kier molecular flexibility index (Phi) is 2.85. The number of nitrogens with zero attached hydrogens (tertiary/aromatic N) is 2. The van der Waals surface area contributed by atoms with Crippen molar-refractivity contribution in [1.29, 1.82) is 0 Å². The molecule has 0 spiro atoms. The number of pyridine rings is 1. The molecule has 0 aliphatic carbocycles. The molecule has 3 nitrogen and oxygen atoms in total. The first-order chi connectivity index (χ1) is 5.74. The van der Waals surface area contributed by atoms with Gasteiger partial charge in [-0.1, -0.05) is 0 Å². The predicted molar refractivity (Wildman–Crippen MR) is 47.9 cm³/mol. The summed E-state index contributed by atoms with van der Waals surface area (Å²) in [5.74, 6) is 0.457. The average Bonchev–Trinajstić information content (AvgIpc) is 2.05. The van der Waals surface area contributed by atoms with E-state index < -0.39 is 0 Å². The molecule has 0 saturated carbocycles. The van der Waals surface area contributed by atoms with Crippen molar-refractivity contribution in [1.82, 2.24) is 4.98 Å². The summed E-state index contributed by atoms with van der Waals surface area (Å²) in [6.07, 6.45) is 1.61. The summed E-state index contributed by atoms with van der Waals surface area (Å²) in [6, 6.07) is 3.52. The van der Waals surface area contributed by atoms with Gasteiger partial charge in [0, 0.05) is 31.5 Å². The van der Waals surface area contributed by atoms with Gasteiger partial charge in [-0.3, -0.25) is 0 Å². The molecular weight excluding hydrogens is 157 g/mol. The molecule has 12 heavy (non-hydrogen) atoms. The van der Waals surface area contributed by atoms with Crippen molar-refractivity contribution in [2.75, 3.05) is 30.9 Å². The van der Waals surface area contributed by atoms with Crippen LogP contribution in [0.3, 0.4) is 0 Å². The first-order valence-electron chi connectivity index (χ1n) is 3.72. The van der Waals surface area contributed by atoms with E-state index in [1.165, 1.54) is 0 Å². The second-order valence-electron chi connectivity index (χ2n) is 2.55. The highest BCUT2D eigenvalue weighted by molar-refractivity contribution is 5.51. The fourth-order valence-electron chi connectivity index (χ4n) is 0.930. The molecule has 2 N–H and O–H groups in total. The lowest BCUT2D eigenvalue weighted by Crippen LogP contribution is -2.19. The first-order valence-corrected chi connectivity index (χ1v) is 3.72. The highest BCUT2D eigenvalue weighted by atomic mass is 19.1. The first kappa shape index (κ1) is 8.77. The Morgan fingerprint density at radius 3 is 3.00 bits per heavy atom. The standard InChI is InChI=1S/C8H12FN3/c1-12(5-3-9)7-2-4-11-8(10)6-7/h2,4,6H,3,5H2,1H3,(H2,10,11). The molecule has 0 saturated heterocycles. The van der Waals surface area contributed by atoms with Crippen LogP contribution in [0.25, 0.3) is 0 Å². The van der Waals surface area contributed by atoms with Crippen molar-refractivity contribution in [3.8, 4) is 0 Å². The van der Waals surface area contributed by atoms with Gasteiger partial charge in [0.25, 0.3) is 0 Å². The molecular formula is C8H12FN3. The molecule has 0 unspecified atom stereocenters. The molecule has 4 heteroatoms. The molecule has 0 bridgehead atoms. The molecule has 1 aromatic rings. The van der Waals surface area contributed by atoms with Crippen molar-refractivity contribution < 1.29 is 4.39 Å². The molecule has 0 aliphatic heterocycles. The van der Waals surface area contributed by atoms with E-state index in [1.54, 1.807) is 23.2 Å². The topological polar surface area (TPSA) is 42.2 Å². The van der Waals surface area contributed by atoms with E-state index in [9.17, 15) is 4.39 Å². The Morgan fingerprint density at radius 2 is 2.42 bits per heavy atom. The molecule has 1 heterocycles. The summed E-state index contributed by atoms with van der Waals surface area (Å²) in [4.78, 5) is 5.63. The van der Waals surface area contributed by atoms with Crippen molar-refractivity contribution in [3.63, 3.8) is 0 Å². The highest BCUT2D eigenvalue weighted by Gasteiger charge is 1.99. The molecule has 1 aromatic heterocycles. The molecule has 0 radical (unpaired) electrons. The maximum atomic E-state index is 11.9. The zero-order valence-electron chi connectivity index (χ0n) is 7.00. The van der Waals surface area contributed by atoms with Crippen LogP contribution in [0.4, 0.5) is 15.9 Å². The Labute approximate surface area is 71.0 Å². The molecule has 66 valence electrons. The van der Waals surface area contributed by atoms with Gasteiger partial charge in [-0.15, -0.1) is 0 Å². The van der Waals surface area contributed by atoms with Crippen LogP contribution < -0.4 is 10.6 Å². The van der Waals surface area contributed by atoms with Gasteiger partial charge in [-0.2, -0.15) is 0 Å². The van der Waals surface area contributed by atoms with Crippen LogP contribution in [-0.2, 0) is 0 Å². The van der Waals surface area contributed by atoms with Gasteiger partial charge in [-0.25, -0.2) is 9.37 Å². The highest BCUT2D eigenvalue weighted by Crippen LogP contribution is 2.12. The number of hydrogen-bond donors (Lipinski definition) is 1. The maximum absolute atomic E-state index is 11.9. The number of alkyl halides is 1. The van der Waals surface area contributed by atoms with E-state index >= 15 is 0 Å². The van der Waals surface area contributed by atoms with Gasteiger partial charge in [0.1, 0.15) is 12.5 Å². The number of rotatable bonds is 3. The van der Waals surface area contributed by atoms with Gasteiger partial charge in [0.05, 0.1) is 0 Å². The average molecular weight is 169 g/mol. The number of aromatic nitrogens is 1. The summed E-state index contributed by atoms with van der Waals surface area (Å²) >= 11 is 0. The quantitative estimate of drug-likeness (QED) is 0.736.